The van der Waals surface area contributed by atoms with E-state index in [1.165, 1.54) is 0 Å². The molecule has 1 fully saturated rings. The lowest BCUT2D eigenvalue weighted by molar-refractivity contribution is -0.142. The van der Waals surface area contributed by atoms with Crippen molar-refractivity contribution in [2.24, 2.45) is 11.8 Å². The summed E-state index contributed by atoms with van der Waals surface area (Å²) >= 11 is 0. The van der Waals surface area contributed by atoms with Crippen LogP contribution in [0.3, 0.4) is 0 Å². The van der Waals surface area contributed by atoms with Crippen LogP contribution in [0.4, 0.5) is 4.79 Å². The van der Waals surface area contributed by atoms with E-state index in [2.05, 4.69) is 5.32 Å². The summed E-state index contributed by atoms with van der Waals surface area (Å²) in [5.41, 5.74) is 0. The molecule has 2 unspecified atom stereocenters. The van der Waals surface area contributed by atoms with E-state index >= 15 is 0 Å². The summed E-state index contributed by atoms with van der Waals surface area (Å²) in [7, 11) is 0. The number of amides is 2. The Morgan fingerprint density at radius 3 is 2.57 bits per heavy atom. The Bertz CT molecular complexity index is 347. The van der Waals surface area contributed by atoms with Gasteiger partial charge in [0.2, 0.25) is 0 Å². The second kappa shape index (κ2) is 8.87. The zero-order valence-electron chi connectivity index (χ0n) is 13.0. The minimum Gasteiger partial charge on any atom is -0.481 e. The van der Waals surface area contributed by atoms with Gasteiger partial charge >= 0.3 is 12.0 Å². The summed E-state index contributed by atoms with van der Waals surface area (Å²) in [5, 5.41) is 21.3. The third kappa shape index (κ3) is 5.91. The molecular weight excluding hydrogens is 272 g/mol. The average Bonchev–Trinajstić information content (AvgIpc) is 2.67. The number of aliphatic carboxylic acids is 1. The Kier molecular flexibility index (Phi) is 7.50. The van der Waals surface area contributed by atoms with E-state index in [1.54, 1.807) is 4.90 Å². The first-order valence-corrected chi connectivity index (χ1v) is 7.83. The summed E-state index contributed by atoms with van der Waals surface area (Å²) in [4.78, 5) is 25.1. The largest absolute Gasteiger partial charge is 0.481 e. The summed E-state index contributed by atoms with van der Waals surface area (Å²) in [6, 6.07) is -0.410. The Hall–Kier alpha value is -1.30. The lowest BCUT2D eigenvalue weighted by Crippen LogP contribution is -2.49. The van der Waals surface area contributed by atoms with Crippen molar-refractivity contribution in [1.29, 1.82) is 0 Å². The molecule has 1 heterocycles. The molecule has 1 aliphatic rings. The second-order valence-electron chi connectivity index (χ2n) is 6.23. The molecule has 1 aliphatic heterocycles. The van der Waals surface area contributed by atoms with E-state index in [0.717, 1.165) is 25.7 Å². The van der Waals surface area contributed by atoms with Gasteiger partial charge in [-0.3, -0.25) is 4.79 Å². The number of carbonyl (C=O) groups excluding carboxylic acids is 1. The summed E-state index contributed by atoms with van der Waals surface area (Å²) in [6.07, 6.45) is 4.35. The van der Waals surface area contributed by atoms with Crippen LogP contribution in [0.2, 0.25) is 0 Å². The Balaban J connectivity index is 2.55. The maximum Gasteiger partial charge on any atom is 0.317 e. The standard InChI is InChI=1S/C15H28N2O4/c1-11(2)8-12(14(19)20)9-16-15(21)17-7-5-3-4-6-13(17)10-18/h11-13,18H,3-10H2,1-2H3,(H,16,21)(H,19,20). The number of carboxylic acids is 1. The van der Waals surface area contributed by atoms with Gasteiger partial charge < -0.3 is 20.4 Å². The summed E-state index contributed by atoms with van der Waals surface area (Å²) in [6.45, 7) is 4.66. The van der Waals surface area contributed by atoms with Crippen molar-refractivity contribution in [1.82, 2.24) is 10.2 Å². The third-order valence-corrected chi connectivity index (χ3v) is 3.95. The maximum atomic E-state index is 12.2. The van der Waals surface area contributed by atoms with Crippen molar-refractivity contribution in [3.8, 4) is 0 Å². The van der Waals surface area contributed by atoms with E-state index in [-0.39, 0.29) is 31.1 Å². The van der Waals surface area contributed by atoms with Crippen molar-refractivity contribution in [2.75, 3.05) is 19.7 Å². The molecule has 2 amide bonds. The molecule has 1 saturated heterocycles. The first-order chi connectivity index (χ1) is 9.95. The van der Waals surface area contributed by atoms with E-state index < -0.39 is 11.9 Å². The van der Waals surface area contributed by atoms with Crippen LogP contribution in [0.15, 0.2) is 0 Å². The van der Waals surface area contributed by atoms with Gasteiger partial charge in [-0.05, 0) is 25.2 Å². The van der Waals surface area contributed by atoms with Crippen LogP contribution in [0, 0.1) is 11.8 Å². The van der Waals surface area contributed by atoms with Crippen LogP contribution < -0.4 is 5.32 Å². The quantitative estimate of drug-likeness (QED) is 0.696. The molecule has 0 aromatic heterocycles. The Morgan fingerprint density at radius 1 is 1.29 bits per heavy atom. The molecule has 2 atom stereocenters. The average molecular weight is 300 g/mol. The van der Waals surface area contributed by atoms with Gasteiger partial charge in [0.25, 0.3) is 0 Å². The fourth-order valence-corrected chi connectivity index (χ4v) is 2.79. The lowest BCUT2D eigenvalue weighted by Gasteiger charge is -2.29. The predicted molar refractivity (Wildman–Crippen MR) is 80.0 cm³/mol. The van der Waals surface area contributed by atoms with Gasteiger partial charge in [-0.2, -0.15) is 0 Å². The minimum absolute atomic E-state index is 0.0399. The first kappa shape index (κ1) is 17.8. The van der Waals surface area contributed by atoms with Gasteiger partial charge in [0.15, 0.2) is 0 Å². The number of aliphatic hydroxyl groups excluding tert-OH is 1. The molecule has 6 heteroatoms. The van der Waals surface area contributed by atoms with E-state index in [4.69, 9.17) is 0 Å². The summed E-state index contributed by atoms with van der Waals surface area (Å²) in [5.74, 6) is -1.17. The predicted octanol–water partition coefficient (Wildman–Crippen LogP) is 1.68. The molecule has 6 nitrogen and oxygen atoms in total. The second-order valence-corrected chi connectivity index (χ2v) is 6.23. The lowest BCUT2D eigenvalue weighted by atomic mass is 9.97. The van der Waals surface area contributed by atoms with Gasteiger partial charge in [0.05, 0.1) is 18.6 Å². The first-order valence-electron chi connectivity index (χ1n) is 7.83. The highest BCUT2D eigenvalue weighted by Gasteiger charge is 2.26. The highest BCUT2D eigenvalue weighted by molar-refractivity contribution is 5.76. The van der Waals surface area contributed by atoms with Gasteiger partial charge in [-0.25, -0.2) is 4.79 Å². The number of hydrogen-bond donors (Lipinski definition) is 3. The zero-order valence-corrected chi connectivity index (χ0v) is 13.0. The van der Waals surface area contributed by atoms with Crippen molar-refractivity contribution in [3.05, 3.63) is 0 Å². The molecular formula is C15H28N2O4. The van der Waals surface area contributed by atoms with Gasteiger partial charge in [0.1, 0.15) is 0 Å². The third-order valence-electron chi connectivity index (χ3n) is 3.95. The highest BCUT2D eigenvalue weighted by atomic mass is 16.4. The zero-order chi connectivity index (χ0) is 15.8. The Morgan fingerprint density at radius 2 is 2.00 bits per heavy atom. The number of nitrogens with zero attached hydrogens (tertiary/aromatic N) is 1. The van der Waals surface area contributed by atoms with E-state index in [1.807, 2.05) is 13.8 Å². The molecule has 0 aromatic carbocycles. The van der Waals surface area contributed by atoms with Crippen molar-refractivity contribution in [3.63, 3.8) is 0 Å². The van der Waals surface area contributed by atoms with Crippen molar-refractivity contribution >= 4 is 12.0 Å². The van der Waals surface area contributed by atoms with Crippen molar-refractivity contribution in [2.45, 2.75) is 52.0 Å². The number of nitrogens with one attached hydrogen (secondary N) is 1. The molecule has 0 saturated carbocycles. The van der Waals surface area contributed by atoms with Crippen LogP contribution in [-0.2, 0) is 4.79 Å². The molecule has 0 radical (unpaired) electrons. The monoisotopic (exact) mass is 300 g/mol. The molecule has 1 rings (SSSR count). The van der Waals surface area contributed by atoms with Crippen LogP contribution in [0.5, 0.6) is 0 Å². The van der Waals surface area contributed by atoms with Gasteiger partial charge in [-0.15, -0.1) is 0 Å². The fourth-order valence-electron chi connectivity index (χ4n) is 2.79. The minimum atomic E-state index is -0.876. The number of likely N-dealkylation sites (tertiary alicyclic amines) is 1. The van der Waals surface area contributed by atoms with E-state index in [0.29, 0.717) is 13.0 Å². The maximum absolute atomic E-state index is 12.2. The number of carbonyl (C=O) groups is 2. The van der Waals surface area contributed by atoms with Gasteiger partial charge in [-0.1, -0.05) is 26.7 Å². The van der Waals surface area contributed by atoms with Gasteiger partial charge in [0, 0.05) is 13.1 Å². The highest BCUT2D eigenvalue weighted by Crippen LogP contribution is 2.17. The molecule has 0 aliphatic carbocycles. The molecule has 3 N–H and O–H groups in total. The van der Waals surface area contributed by atoms with Crippen LogP contribution in [0.25, 0.3) is 0 Å². The van der Waals surface area contributed by atoms with Crippen LogP contribution in [0.1, 0.15) is 46.0 Å². The van der Waals surface area contributed by atoms with Crippen LogP contribution >= 0.6 is 0 Å². The molecule has 21 heavy (non-hydrogen) atoms. The topological polar surface area (TPSA) is 89.9 Å². The number of rotatable bonds is 6. The fraction of sp³-hybridized carbons (Fsp3) is 0.867. The van der Waals surface area contributed by atoms with E-state index in [9.17, 15) is 19.8 Å². The number of aliphatic hydroxyl groups is 1. The number of hydrogen-bond acceptors (Lipinski definition) is 3. The Labute approximate surface area is 126 Å². The molecule has 0 bridgehead atoms. The number of carboxylic acid groups (broad SMARTS) is 1. The smallest absolute Gasteiger partial charge is 0.317 e. The van der Waals surface area contributed by atoms with Crippen LogP contribution in [-0.4, -0.2) is 52.9 Å². The molecule has 122 valence electrons. The normalized spacial score (nSPS) is 21.0. The SMILES string of the molecule is CC(C)CC(CNC(=O)N1CCCCCC1CO)C(=O)O. The molecule has 0 spiro atoms. The van der Waals surface area contributed by atoms with Crippen molar-refractivity contribution < 1.29 is 19.8 Å². The summed E-state index contributed by atoms with van der Waals surface area (Å²) < 4.78 is 0. The molecule has 0 aromatic rings. The number of urea groups is 1.